The number of imidazole rings is 1. The van der Waals surface area contributed by atoms with Crippen LogP contribution in [0.5, 0.6) is 0 Å². The van der Waals surface area contributed by atoms with Gasteiger partial charge in [-0.1, -0.05) is 0 Å². The average Bonchev–Trinajstić information content (AvgIpc) is 3.01. The molecule has 1 aliphatic rings. The Morgan fingerprint density at radius 3 is 2.69 bits per heavy atom. The molecule has 1 aliphatic carbocycles. The molecule has 0 amide bonds. The van der Waals surface area contributed by atoms with Crippen molar-refractivity contribution >= 4 is 17.1 Å². The molecule has 0 aliphatic heterocycles. The van der Waals surface area contributed by atoms with E-state index in [-0.39, 0.29) is 0 Å². The van der Waals surface area contributed by atoms with E-state index in [1.165, 1.54) is 4.88 Å². The van der Waals surface area contributed by atoms with Crippen LogP contribution in [0.1, 0.15) is 45.2 Å². The third-order valence-electron chi connectivity index (χ3n) is 5.14. The quantitative estimate of drug-likeness (QED) is 0.557. The van der Waals surface area contributed by atoms with Crippen molar-refractivity contribution < 1.29 is 0 Å². The highest BCUT2D eigenvalue weighted by Gasteiger charge is 2.42. The molecule has 2 atom stereocenters. The van der Waals surface area contributed by atoms with Gasteiger partial charge in [0.15, 0.2) is 0 Å². The molecule has 0 aromatic carbocycles. The van der Waals surface area contributed by atoms with E-state index < -0.39 is 0 Å². The highest BCUT2D eigenvalue weighted by Crippen LogP contribution is 2.55. The highest BCUT2D eigenvalue weighted by molar-refractivity contribution is 7.11. The van der Waals surface area contributed by atoms with E-state index in [4.69, 9.17) is 10.2 Å². The van der Waals surface area contributed by atoms with Crippen molar-refractivity contribution in [2.75, 3.05) is 0 Å². The van der Waals surface area contributed by atoms with E-state index in [1.54, 1.807) is 22.0 Å². The zero-order valence-corrected chi connectivity index (χ0v) is 15.9. The molecule has 26 heavy (non-hydrogen) atoms. The lowest BCUT2D eigenvalue weighted by atomic mass is 10.2. The number of nitrogens with zero attached hydrogens (tertiary/aromatic N) is 7. The van der Waals surface area contributed by atoms with Crippen LogP contribution in [0.2, 0.25) is 0 Å². The van der Waals surface area contributed by atoms with E-state index in [2.05, 4.69) is 27.9 Å². The van der Waals surface area contributed by atoms with Crippen LogP contribution in [0.4, 0.5) is 0 Å². The summed E-state index contributed by atoms with van der Waals surface area (Å²) in [6.45, 7) is 6.04. The van der Waals surface area contributed by atoms with Crippen molar-refractivity contribution in [2.45, 2.75) is 39.0 Å². The minimum absolute atomic E-state index is 0.476. The van der Waals surface area contributed by atoms with Crippen LogP contribution in [0.15, 0.2) is 18.5 Å². The lowest BCUT2D eigenvalue weighted by Gasteiger charge is -2.01. The number of rotatable bonds is 3. The Morgan fingerprint density at radius 2 is 1.92 bits per heavy atom. The zero-order chi connectivity index (χ0) is 18.0. The minimum Gasteiger partial charge on any atom is -0.266 e. The average molecular weight is 365 g/mol. The van der Waals surface area contributed by atoms with Crippen LogP contribution in [-0.2, 0) is 7.05 Å². The van der Waals surface area contributed by atoms with Gasteiger partial charge < -0.3 is 0 Å². The lowest BCUT2D eigenvalue weighted by molar-refractivity contribution is 0.741. The normalized spacial score (nSPS) is 19.4. The fraction of sp³-hybridized carbons (Fsp3) is 0.389. The van der Waals surface area contributed by atoms with Crippen LogP contribution in [0.25, 0.3) is 17.2 Å². The van der Waals surface area contributed by atoms with Crippen LogP contribution >= 0.6 is 11.3 Å². The fourth-order valence-corrected chi connectivity index (χ4v) is 4.41. The lowest BCUT2D eigenvalue weighted by Crippen LogP contribution is -2.02. The number of hydrogen-bond acceptors (Lipinski definition) is 6. The summed E-state index contributed by atoms with van der Waals surface area (Å²) < 4.78 is 3.70. The first-order chi connectivity index (χ1) is 12.5. The SMILES string of the molecule is Cc1ncc([C@H]2C[C@@H]2c2cc(-c3cnc4nc(C)c(C)n4n3)n(C)n2)s1. The van der Waals surface area contributed by atoms with Crippen molar-refractivity contribution in [3.63, 3.8) is 0 Å². The predicted molar refractivity (Wildman–Crippen MR) is 99.4 cm³/mol. The summed E-state index contributed by atoms with van der Waals surface area (Å²) in [6.07, 6.45) is 4.93. The third kappa shape index (κ3) is 2.36. The summed E-state index contributed by atoms with van der Waals surface area (Å²) in [5.41, 5.74) is 4.88. The van der Waals surface area contributed by atoms with Gasteiger partial charge in [0.05, 0.1) is 34.0 Å². The van der Waals surface area contributed by atoms with Gasteiger partial charge in [-0.05, 0) is 33.3 Å². The number of hydrogen-bond donors (Lipinski definition) is 0. The molecule has 0 spiro atoms. The van der Waals surface area contributed by atoms with Crippen LogP contribution in [0.3, 0.4) is 0 Å². The maximum atomic E-state index is 4.75. The van der Waals surface area contributed by atoms with Gasteiger partial charge in [0.1, 0.15) is 5.69 Å². The Labute approximate surface area is 154 Å². The topological polar surface area (TPSA) is 73.8 Å². The van der Waals surface area contributed by atoms with E-state index in [0.29, 0.717) is 17.6 Å². The molecule has 5 rings (SSSR count). The van der Waals surface area contributed by atoms with Crippen molar-refractivity contribution in [3.05, 3.63) is 45.4 Å². The van der Waals surface area contributed by atoms with Gasteiger partial charge in [0.25, 0.3) is 5.78 Å². The van der Waals surface area contributed by atoms with Crippen LogP contribution in [-0.4, -0.2) is 34.3 Å². The number of thiazole rings is 1. The third-order valence-corrected chi connectivity index (χ3v) is 6.19. The van der Waals surface area contributed by atoms with Gasteiger partial charge in [-0.3, -0.25) is 4.68 Å². The predicted octanol–water partition coefficient (Wildman–Crippen LogP) is 3.18. The van der Waals surface area contributed by atoms with Gasteiger partial charge in [0, 0.05) is 30.0 Å². The molecule has 1 fully saturated rings. The molecule has 4 heterocycles. The van der Waals surface area contributed by atoms with E-state index in [0.717, 1.165) is 39.9 Å². The number of fused-ring (bicyclic) bond motifs is 1. The Kier molecular flexibility index (Phi) is 3.27. The van der Waals surface area contributed by atoms with Crippen LogP contribution < -0.4 is 0 Å². The van der Waals surface area contributed by atoms with E-state index in [9.17, 15) is 0 Å². The molecule has 132 valence electrons. The maximum absolute atomic E-state index is 4.75. The molecule has 1 saturated carbocycles. The molecule has 4 aromatic heterocycles. The smallest absolute Gasteiger partial charge is 0.251 e. The largest absolute Gasteiger partial charge is 0.266 e. The van der Waals surface area contributed by atoms with Crippen molar-refractivity contribution in [2.24, 2.45) is 7.05 Å². The summed E-state index contributed by atoms with van der Waals surface area (Å²) in [7, 11) is 1.96. The molecule has 0 bridgehead atoms. The molecular formula is C18H19N7S. The van der Waals surface area contributed by atoms with Gasteiger partial charge in [-0.25, -0.2) is 19.5 Å². The van der Waals surface area contributed by atoms with E-state index in [1.807, 2.05) is 31.8 Å². The molecule has 0 radical (unpaired) electrons. The molecule has 0 N–H and O–H groups in total. The second kappa shape index (κ2) is 5.44. The molecule has 0 saturated heterocycles. The van der Waals surface area contributed by atoms with Crippen molar-refractivity contribution in [3.8, 4) is 11.4 Å². The Bertz CT molecular complexity index is 1140. The minimum atomic E-state index is 0.476. The van der Waals surface area contributed by atoms with Crippen molar-refractivity contribution in [1.29, 1.82) is 0 Å². The van der Waals surface area contributed by atoms with Gasteiger partial charge in [-0.15, -0.1) is 11.3 Å². The zero-order valence-electron chi connectivity index (χ0n) is 15.1. The summed E-state index contributed by atoms with van der Waals surface area (Å²) in [5, 5.41) is 10.6. The molecule has 8 heteroatoms. The van der Waals surface area contributed by atoms with E-state index >= 15 is 0 Å². The maximum Gasteiger partial charge on any atom is 0.251 e. The van der Waals surface area contributed by atoms with Gasteiger partial charge in [-0.2, -0.15) is 10.2 Å². The summed E-state index contributed by atoms with van der Waals surface area (Å²) in [4.78, 5) is 14.6. The van der Waals surface area contributed by atoms with Crippen molar-refractivity contribution in [1.82, 2.24) is 34.3 Å². The molecule has 0 unspecified atom stereocenters. The van der Waals surface area contributed by atoms with Gasteiger partial charge >= 0.3 is 0 Å². The molecular weight excluding hydrogens is 346 g/mol. The standard InChI is InChI=1S/C18H19N7S/c1-9-10(2)25-18(21-9)20-7-15(23-25)16-6-14(22-24(16)4)12-5-13(12)17-8-19-11(3)26-17/h6-8,12-13H,5H2,1-4H3/t12-,13-/m0/s1. The fourth-order valence-electron chi connectivity index (χ4n) is 3.45. The summed E-state index contributed by atoms with van der Waals surface area (Å²) in [5.74, 6) is 1.66. The molecule has 7 nitrogen and oxygen atoms in total. The summed E-state index contributed by atoms with van der Waals surface area (Å²) in [6, 6.07) is 2.15. The second-order valence-corrected chi connectivity index (χ2v) is 8.21. The Balaban J connectivity index is 1.49. The Morgan fingerprint density at radius 1 is 1.08 bits per heavy atom. The summed E-state index contributed by atoms with van der Waals surface area (Å²) >= 11 is 1.79. The van der Waals surface area contributed by atoms with Crippen LogP contribution in [0, 0.1) is 20.8 Å². The molecule has 4 aromatic rings. The number of aryl methyl sites for hydroxylation is 4. The monoisotopic (exact) mass is 365 g/mol. The highest BCUT2D eigenvalue weighted by atomic mass is 32.1. The van der Waals surface area contributed by atoms with Gasteiger partial charge in [0.2, 0.25) is 0 Å². The first-order valence-corrected chi connectivity index (χ1v) is 9.48. The second-order valence-electron chi connectivity index (χ2n) is 6.95. The number of aromatic nitrogens is 7. The first-order valence-electron chi connectivity index (χ1n) is 8.67. The Hall–Kier alpha value is -2.61. The first kappa shape index (κ1) is 15.6.